The quantitative estimate of drug-likeness (QED) is 0.704. The summed E-state index contributed by atoms with van der Waals surface area (Å²) in [6, 6.07) is 11.8. The van der Waals surface area contributed by atoms with Gasteiger partial charge in [-0.15, -0.1) is 0 Å². The van der Waals surface area contributed by atoms with E-state index < -0.39 is 11.7 Å². The van der Waals surface area contributed by atoms with Gasteiger partial charge in [0, 0.05) is 28.2 Å². The first kappa shape index (κ1) is 14.4. The van der Waals surface area contributed by atoms with Crippen molar-refractivity contribution in [3.63, 3.8) is 0 Å². The fraction of sp³-hybridized carbons (Fsp3) is 0.118. The predicted octanol–water partition coefficient (Wildman–Crippen LogP) is 4.52. The maximum atomic E-state index is 12.9. The first-order valence-corrected chi connectivity index (χ1v) is 6.66. The second-order valence-electron chi connectivity index (χ2n) is 5.12. The van der Waals surface area contributed by atoms with Crippen LogP contribution in [0.5, 0.6) is 0 Å². The fourth-order valence-corrected chi connectivity index (χ4v) is 2.43. The minimum absolute atomic E-state index is 0.221. The number of hydrogen-bond donors (Lipinski definition) is 1. The SMILES string of the molecule is Cc1ccc(C(F)(F)F)cc1-c1cc(=O)c2ccccc2[nH]1. The van der Waals surface area contributed by atoms with Crippen molar-refractivity contribution in [2.45, 2.75) is 13.1 Å². The molecule has 2 aromatic carbocycles. The average molecular weight is 303 g/mol. The smallest absolute Gasteiger partial charge is 0.354 e. The van der Waals surface area contributed by atoms with Crippen LogP contribution in [0.15, 0.2) is 53.3 Å². The summed E-state index contributed by atoms with van der Waals surface area (Å²) in [6.45, 7) is 1.71. The van der Waals surface area contributed by atoms with E-state index in [1.54, 1.807) is 31.2 Å². The van der Waals surface area contributed by atoms with E-state index in [0.717, 1.165) is 12.1 Å². The van der Waals surface area contributed by atoms with Crippen LogP contribution in [0.1, 0.15) is 11.1 Å². The van der Waals surface area contributed by atoms with Crippen molar-refractivity contribution in [1.82, 2.24) is 4.98 Å². The minimum Gasteiger partial charge on any atom is -0.354 e. The molecule has 0 radical (unpaired) electrons. The van der Waals surface area contributed by atoms with Crippen LogP contribution in [-0.4, -0.2) is 4.98 Å². The first-order valence-electron chi connectivity index (χ1n) is 6.66. The molecule has 22 heavy (non-hydrogen) atoms. The molecule has 1 heterocycles. The Labute approximate surface area is 124 Å². The molecule has 1 N–H and O–H groups in total. The number of hydrogen-bond acceptors (Lipinski definition) is 1. The lowest BCUT2D eigenvalue weighted by atomic mass is 10.0. The Hall–Kier alpha value is -2.56. The van der Waals surface area contributed by atoms with E-state index in [0.29, 0.717) is 27.7 Å². The molecule has 0 spiro atoms. The monoisotopic (exact) mass is 303 g/mol. The zero-order valence-electron chi connectivity index (χ0n) is 11.7. The molecule has 0 fully saturated rings. The largest absolute Gasteiger partial charge is 0.416 e. The number of pyridine rings is 1. The van der Waals surface area contributed by atoms with E-state index in [-0.39, 0.29) is 5.43 Å². The van der Waals surface area contributed by atoms with E-state index in [1.165, 1.54) is 12.1 Å². The van der Waals surface area contributed by atoms with Crippen molar-refractivity contribution >= 4 is 10.9 Å². The highest BCUT2D eigenvalue weighted by atomic mass is 19.4. The highest BCUT2D eigenvalue weighted by molar-refractivity contribution is 5.81. The predicted molar refractivity (Wildman–Crippen MR) is 79.7 cm³/mol. The molecule has 0 aliphatic rings. The third-order valence-corrected chi connectivity index (χ3v) is 3.59. The van der Waals surface area contributed by atoms with Crippen molar-refractivity contribution in [1.29, 1.82) is 0 Å². The van der Waals surface area contributed by atoms with E-state index in [4.69, 9.17) is 0 Å². The molecular weight excluding hydrogens is 291 g/mol. The summed E-state index contributed by atoms with van der Waals surface area (Å²) in [5.41, 5.74) is 1.06. The molecule has 0 amide bonds. The van der Waals surface area contributed by atoms with Crippen molar-refractivity contribution in [2.75, 3.05) is 0 Å². The Bertz CT molecular complexity index is 910. The van der Waals surface area contributed by atoms with Crippen molar-refractivity contribution < 1.29 is 13.2 Å². The lowest BCUT2D eigenvalue weighted by Crippen LogP contribution is -2.07. The molecule has 0 saturated carbocycles. The summed E-state index contributed by atoms with van der Waals surface area (Å²) < 4.78 is 38.6. The Morgan fingerprint density at radius 3 is 2.45 bits per heavy atom. The molecule has 3 rings (SSSR count). The van der Waals surface area contributed by atoms with Gasteiger partial charge in [-0.25, -0.2) is 0 Å². The van der Waals surface area contributed by atoms with Crippen LogP contribution in [0, 0.1) is 6.92 Å². The van der Waals surface area contributed by atoms with Crippen LogP contribution >= 0.6 is 0 Å². The van der Waals surface area contributed by atoms with Gasteiger partial charge in [0.2, 0.25) is 0 Å². The number of aromatic nitrogens is 1. The van der Waals surface area contributed by atoms with Gasteiger partial charge >= 0.3 is 6.18 Å². The molecule has 3 aromatic rings. The first-order chi connectivity index (χ1) is 10.4. The van der Waals surface area contributed by atoms with Crippen LogP contribution in [-0.2, 0) is 6.18 Å². The van der Waals surface area contributed by atoms with Gasteiger partial charge in [-0.2, -0.15) is 13.2 Å². The van der Waals surface area contributed by atoms with Crippen LogP contribution in [0.2, 0.25) is 0 Å². The van der Waals surface area contributed by atoms with Gasteiger partial charge in [-0.1, -0.05) is 18.2 Å². The molecule has 0 aliphatic carbocycles. The summed E-state index contributed by atoms with van der Waals surface area (Å²) in [5, 5.41) is 0.510. The summed E-state index contributed by atoms with van der Waals surface area (Å²) in [7, 11) is 0. The molecule has 1 aromatic heterocycles. The molecule has 2 nitrogen and oxygen atoms in total. The Kier molecular flexibility index (Phi) is 3.28. The normalized spacial score (nSPS) is 11.8. The van der Waals surface area contributed by atoms with Crippen LogP contribution < -0.4 is 5.43 Å². The van der Waals surface area contributed by atoms with Crippen LogP contribution in [0.25, 0.3) is 22.2 Å². The van der Waals surface area contributed by atoms with Gasteiger partial charge in [0.1, 0.15) is 0 Å². The maximum Gasteiger partial charge on any atom is 0.416 e. The number of aromatic amines is 1. The summed E-state index contributed by atoms with van der Waals surface area (Å²) >= 11 is 0. The number of alkyl halides is 3. The number of halogens is 3. The van der Waals surface area contributed by atoms with E-state index in [2.05, 4.69) is 4.98 Å². The van der Waals surface area contributed by atoms with E-state index in [1.807, 2.05) is 0 Å². The molecule has 0 atom stereocenters. The number of benzene rings is 2. The van der Waals surface area contributed by atoms with Crippen LogP contribution in [0.3, 0.4) is 0 Å². The zero-order chi connectivity index (χ0) is 15.9. The number of nitrogens with one attached hydrogen (secondary N) is 1. The number of aryl methyl sites for hydroxylation is 1. The van der Waals surface area contributed by atoms with Crippen LogP contribution in [0.4, 0.5) is 13.2 Å². The molecule has 0 saturated heterocycles. The number of fused-ring (bicyclic) bond motifs is 1. The third-order valence-electron chi connectivity index (χ3n) is 3.59. The van der Waals surface area contributed by atoms with Gasteiger partial charge in [-0.3, -0.25) is 4.79 Å². The summed E-state index contributed by atoms with van der Waals surface area (Å²) in [4.78, 5) is 15.2. The number of rotatable bonds is 1. The highest BCUT2D eigenvalue weighted by Gasteiger charge is 2.30. The summed E-state index contributed by atoms with van der Waals surface area (Å²) in [5.74, 6) is 0. The summed E-state index contributed by atoms with van der Waals surface area (Å²) in [6.07, 6.45) is -4.42. The molecule has 112 valence electrons. The maximum absolute atomic E-state index is 12.9. The molecule has 0 aliphatic heterocycles. The minimum atomic E-state index is -4.42. The lowest BCUT2D eigenvalue weighted by Gasteiger charge is -2.12. The lowest BCUT2D eigenvalue weighted by molar-refractivity contribution is -0.137. The molecular formula is C17H12F3NO. The number of H-pyrrole nitrogens is 1. The molecule has 5 heteroatoms. The molecule has 0 bridgehead atoms. The topological polar surface area (TPSA) is 32.9 Å². The Morgan fingerprint density at radius 2 is 1.73 bits per heavy atom. The highest BCUT2D eigenvalue weighted by Crippen LogP contribution is 2.33. The van der Waals surface area contributed by atoms with Crippen molar-refractivity contribution in [2.24, 2.45) is 0 Å². The Balaban J connectivity index is 2.25. The second kappa shape index (κ2) is 5.02. The van der Waals surface area contributed by atoms with E-state index in [9.17, 15) is 18.0 Å². The standard InChI is InChI=1S/C17H12F3NO/c1-10-6-7-11(17(18,19)20)8-13(10)15-9-16(22)12-4-2-3-5-14(12)21-15/h2-9H,1H3,(H,21,22). The Morgan fingerprint density at radius 1 is 1.00 bits per heavy atom. The van der Waals surface area contributed by atoms with Gasteiger partial charge < -0.3 is 4.98 Å². The van der Waals surface area contributed by atoms with Gasteiger partial charge in [0.25, 0.3) is 0 Å². The second-order valence-corrected chi connectivity index (χ2v) is 5.12. The number of para-hydroxylation sites is 1. The van der Waals surface area contributed by atoms with Gasteiger partial charge in [0.05, 0.1) is 5.56 Å². The molecule has 0 unspecified atom stereocenters. The third kappa shape index (κ3) is 2.50. The fourth-order valence-electron chi connectivity index (χ4n) is 2.43. The van der Waals surface area contributed by atoms with Gasteiger partial charge in [0.15, 0.2) is 5.43 Å². The van der Waals surface area contributed by atoms with Crippen molar-refractivity contribution in [3.8, 4) is 11.3 Å². The van der Waals surface area contributed by atoms with Gasteiger partial charge in [-0.05, 0) is 36.8 Å². The average Bonchev–Trinajstić information content (AvgIpc) is 2.46. The van der Waals surface area contributed by atoms with Crippen molar-refractivity contribution in [3.05, 3.63) is 69.9 Å². The van der Waals surface area contributed by atoms with E-state index >= 15 is 0 Å². The zero-order valence-corrected chi connectivity index (χ0v) is 11.7.